The molecule has 0 bridgehead atoms. The molecule has 0 heterocycles. The average Bonchev–Trinajstić information content (AvgIpc) is 2.70. The van der Waals surface area contributed by atoms with E-state index >= 15 is 0 Å². The fourth-order valence-corrected chi connectivity index (χ4v) is 4.28. The molecule has 0 unspecified atom stereocenters. The van der Waals surface area contributed by atoms with Gasteiger partial charge in [-0.3, -0.25) is 4.79 Å². The van der Waals surface area contributed by atoms with Crippen molar-refractivity contribution in [3.05, 3.63) is 95.6 Å². The van der Waals surface area contributed by atoms with E-state index in [1.54, 1.807) is 24.3 Å². The van der Waals surface area contributed by atoms with Gasteiger partial charge in [-0.25, -0.2) is 8.78 Å². The molecule has 0 radical (unpaired) electrons. The number of benzene rings is 4. The predicted octanol–water partition coefficient (Wildman–Crippen LogP) is 6.49. The lowest BCUT2D eigenvalue weighted by atomic mass is 9.78. The smallest absolute Gasteiger partial charge is 0.193 e. The lowest BCUT2D eigenvalue weighted by molar-refractivity contribution is 0.103. The van der Waals surface area contributed by atoms with Crippen LogP contribution < -0.4 is 0 Å². The van der Waals surface area contributed by atoms with Crippen molar-refractivity contribution in [2.24, 2.45) is 0 Å². The normalized spacial score (nSPS) is 12.1. The fourth-order valence-electron chi connectivity index (χ4n) is 4.28. The molecule has 0 amide bonds. The van der Waals surface area contributed by atoms with Crippen LogP contribution in [-0.2, 0) is 0 Å². The van der Waals surface area contributed by atoms with E-state index in [4.69, 9.17) is 0 Å². The first kappa shape index (κ1) is 15.5. The number of hydrogen-bond acceptors (Lipinski definition) is 1. The van der Waals surface area contributed by atoms with Crippen molar-refractivity contribution in [1.82, 2.24) is 0 Å². The highest BCUT2D eigenvalue weighted by molar-refractivity contribution is 6.14. The maximum absolute atomic E-state index is 13.5. The Bertz CT molecular complexity index is 1250. The van der Waals surface area contributed by atoms with E-state index in [2.05, 4.69) is 0 Å². The molecule has 6 rings (SSSR count). The zero-order chi connectivity index (χ0) is 19.0. The van der Waals surface area contributed by atoms with Crippen LogP contribution in [0.25, 0.3) is 44.5 Å². The van der Waals surface area contributed by atoms with Gasteiger partial charge in [-0.15, -0.1) is 0 Å². The molecule has 0 aromatic heterocycles. The van der Waals surface area contributed by atoms with Crippen LogP contribution in [0.5, 0.6) is 0 Å². The summed E-state index contributed by atoms with van der Waals surface area (Å²) in [6.07, 6.45) is 0. The highest BCUT2D eigenvalue weighted by Crippen LogP contribution is 2.49. The Morgan fingerprint density at radius 2 is 0.821 bits per heavy atom. The highest BCUT2D eigenvalue weighted by Gasteiger charge is 2.26. The fraction of sp³-hybridized carbons (Fsp3) is 0. The molecule has 0 atom stereocenters. The van der Waals surface area contributed by atoms with Crippen molar-refractivity contribution in [3.63, 3.8) is 0 Å². The van der Waals surface area contributed by atoms with Crippen LogP contribution in [-0.4, -0.2) is 5.78 Å². The van der Waals surface area contributed by atoms with Crippen molar-refractivity contribution in [2.75, 3.05) is 0 Å². The minimum Gasteiger partial charge on any atom is -0.289 e. The third-order valence-electron chi connectivity index (χ3n) is 5.69. The number of halogens is 2. The van der Waals surface area contributed by atoms with Gasteiger partial charge in [-0.05, 0) is 80.9 Å². The van der Waals surface area contributed by atoms with E-state index in [0.717, 1.165) is 44.5 Å². The van der Waals surface area contributed by atoms with E-state index < -0.39 is 0 Å². The number of fused-ring (bicyclic) bond motifs is 8. The molecular formula is C25H12F2O. The zero-order valence-corrected chi connectivity index (χ0v) is 14.6. The minimum atomic E-state index is -0.283. The molecule has 2 aliphatic carbocycles. The minimum absolute atomic E-state index is 0.0969. The molecule has 4 aromatic carbocycles. The zero-order valence-electron chi connectivity index (χ0n) is 14.6. The van der Waals surface area contributed by atoms with Gasteiger partial charge in [-0.2, -0.15) is 0 Å². The SMILES string of the molecule is O=C(c1ccc2c(c1)-c1cc(F)ccc1-2)c1ccc2c(c1)-c1cc(F)ccc1-2. The van der Waals surface area contributed by atoms with Gasteiger partial charge in [0.1, 0.15) is 11.6 Å². The third kappa shape index (κ3) is 1.96. The molecular weight excluding hydrogens is 354 g/mol. The van der Waals surface area contributed by atoms with Gasteiger partial charge in [0.25, 0.3) is 0 Å². The number of carbonyl (C=O) groups is 1. The molecule has 3 heteroatoms. The summed E-state index contributed by atoms with van der Waals surface area (Å²) < 4.78 is 27.1. The number of carbonyl (C=O) groups excluding carboxylic acids is 1. The van der Waals surface area contributed by atoms with Crippen molar-refractivity contribution in [3.8, 4) is 44.5 Å². The molecule has 132 valence electrons. The predicted molar refractivity (Wildman–Crippen MR) is 105 cm³/mol. The van der Waals surface area contributed by atoms with Crippen LogP contribution in [0.1, 0.15) is 15.9 Å². The van der Waals surface area contributed by atoms with Crippen LogP contribution in [0.15, 0.2) is 72.8 Å². The lowest BCUT2D eigenvalue weighted by Gasteiger charge is -2.25. The Balaban J connectivity index is 1.38. The Labute approximate surface area is 159 Å². The largest absolute Gasteiger partial charge is 0.289 e. The second kappa shape index (κ2) is 5.23. The van der Waals surface area contributed by atoms with Gasteiger partial charge in [-0.1, -0.05) is 36.4 Å². The Morgan fingerprint density at radius 3 is 1.25 bits per heavy atom. The van der Waals surface area contributed by atoms with Gasteiger partial charge < -0.3 is 0 Å². The van der Waals surface area contributed by atoms with E-state index in [-0.39, 0.29) is 17.4 Å². The van der Waals surface area contributed by atoms with Crippen LogP contribution in [0.3, 0.4) is 0 Å². The second-order valence-corrected chi connectivity index (χ2v) is 7.23. The van der Waals surface area contributed by atoms with Crippen molar-refractivity contribution < 1.29 is 13.6 Å². The standard InChI is InChI=1S/C25H12F2O/c26-15-3-7-19-17-5-1-13(9-21(17)23(19)11-15)25(28)14-2-6-18-20-8-4-16(27)12-24(20)22(18)10-14/h1-12H. The molecule has 0 N–H and O–H groups in total. The molecule has 0 spiro atoms. The van der Waals surface area contributed by atoms with Gasteiger partial charge in [0.05, 0.1) is 0 Å². The van der Waals surface area contributed by atoms with E-state index in [1.165, 1.54) is 24.3 Å². The molecule has 28 heavy (non-hydrogen) atoms. The lowest BCUT2D eigenvalue weighted by Crippen LogP contribution is -2.07. The molecule has 0 saturated carbocycles. The Morgan fingerprint density at radius 1 is 0.464 bits per heavy atom. The molecule has 4 aromatic rings. The average molecular weight is 366 g/mol. The Kier molecular flexibility index (Phi) is 2.89. The van der Waals surface area contributed by atoms with Crippen molar-refractivity contribution >= 4 is 5.78 Å². The maximum atomic E-state index is 13.5. The van der Waals surface area contributed by atoms with Crippen LogP contribution in [0.2, 0.25) is 0 Å². The van der Waals surface area contributed by atoms with Gasteiger partial charge in [0.15, 0.2) is 5.78 Å². The molecule has 1 nitrogen and oxygen atoms in total. The first-order chi connectivity index (χ1) is 13.6. The summed E-state index contributed by atoms with van der Waals surface area (Å²) in [6, 6.07) is 20.5. The van der Waals surface area contributed by atoms with Crippen LogP contribution in [0.4, 0.5) is 8.78 Å². The molecule has 0 aliphatic heterocycles. The number of ketones is 1. The first-order valence-corrected chi connectivity index (χ1v) is 9.03. The maximum Gasteiger partial charge on any atom is 0.193 e. The van der Waals surface area contributed by atoms with Crippen LogP contribution in [0, 0.1) is 11.6 Å². The monoisotopic (exact) mass is 366 g/mol. The van der Waals surface area contributed by atoms with E-state index in [0.29, 0.717) is 11.1 Å². The molecule has 0 fully saturated rings. The van der Waals surface area contributed by atoms with Crippen molar-refractivity contribution in [1.29, 1.82) is 0 Å². The first-order valence-electron chi connectivity index (χ1n) is 9.03. The summed E-state index contributed by atoms with van der Waals surface area (Å²) in [6.45, 7) is 0. The van der Waals surface area contributed by atoms with Gasteiger partial charge in [0.2, 0.25) is 0 Å². The summed E-state index contributed by atoms with van der Waals surface area (Å²) in [5.41, 5.74) is 8.69. The second-order valence-electron chi connectivity index (χ2n) is 7.23. The topological polar surface area (TPSA) is 17.1 Å². The summed E-state index contributed by atoms with van der Waals surface area (Å²) in [7, 11) is 0. The van der Waals surface area contributed by atoms with Gasteiger partial charge in [0, 0.05) is 11.1 Å². The number of hydrogen-bond donors (Lipinski definition) is 0. The van der Waals surface area contributed by atoms with Crippen molar-refractivity contribution in [2.45, 2.75) is 0 Å². The molecule has 0 saturated heterocycles. The quantitative estimate of drug-likeness (QED) is 0.320. The summed E-state index contributed by atoms with van der Waals surface area (Å²) in [4.78, 5) is 13.0. The van der Waals surface area contributed by atoms with Crippen LogP contribution >= 0.6 is 0 Å². The van der Waals surface area contributed by atoms with Gasteiger partial charge >= 0.3 is 0 Å². The Hall–Kier alpha value is -3.59. The molecule has 2 aliphatic rings. The van der Waals surface area contributed by atoms with E-state index in [9.17, 15) is 13.6 Å². The third-order valence-corrected chi connectivity index (χ3v) is 5.69. The summed E-state index contributed by atoms with van der Waals surface area (Å²) >= 11 is 0. The van der Waals surface area contributed by atoms with E-state index in [1.807, 2.05) is 24.3 Å². The summed E-state index contributed by atoms with van der Waals surface area (Å²) in [5.74, 6) is -0.663. The number of rotatable bonds is 2. The summed E-state index contributed by atoms with van der Waals surface area (Å²) in [5, 5.41) is 0. The highest BCUT2D eigenvalue weighted by atomic mass is 19.1.